The van der Waals surface area contributed by atoms with E-state index in [2.05, 4.69) is 24.1 Å². The van der Waals surface area contributed by atoms with E-state index < -0.39 is 11.9 Å². The molecule has 1 aliphatic rings. The molecule has 0 spiro atoms. The normalized spacial score (nSPS) is 26.4. The van der Waals surface area contributed by atoms with Crippen molar-refractivity contribution in [2.24, 2.45) is 11.8 Å². The van der Waals surface area contributed by atoms with Crippen molar-refractivity contribution in [3.8, 4) is 0 Å². The summed E-state index contributed by atoms with van der Waals surface area (Å²) < 4.78 is 37.3. The molecule has 21 heavy (non-hydrogen) atoms. The van der Waals surface area contributed by atoms with Crippen molar-refractivity contribution in [3.05, 3.63) is 29.6 Å². The first-order valence-electron chi connectivity index (χ1n) is 7.13. The quantitative estimate of drug-likeness (QED) is 0.905. The highest BCUT2D eigenvalue weighted by Gasteiger charge is 2.33. The van der Waals surface area contributed by atoms with Crippen LogP contribution in [0, 0.1) is 11.8 Å². The average Bonchev–Trinajstić information content (AvgIpc) is 2.42. The SMILES string of the molecule is CC1CCCC(C)C1NC(=O)c1ccc(C(F)(F)F)nc1. The fourth-order valence-electron chi connectivity index (χ4n) is 2.90. The van der Waals surface area contributed by atoms with Gasteiger partial charge in [0, 0.05) is 12.2 Å². The second-order valence-electron chi connectivity index (χ2n) is 5.81. The lowest BCUT2D eigenvalue weighted by Crippen LogP contribution is -2.45. The maximum absolute atomic E-state index is 12.4. The first kappa shape index (κ1) is 15.8. The van der Waals surface area contributed by atoms with Gasteiger partial charge in [0.05, 0.1) is 5.56 Å². The van der Waals surface area contributed by atoms with E-state index in [0.29, 0.717) is 11.8 Å². The van der Waals surface area contributed by atoms with Gasteiger partial charge in [-0.2, -0.15) is 13.2 Å². The van der Waals surface area contributed by atoms with Crippen LogP contribution in [0.4, 0.5) is 13.2 Å². The second-order valence-corrected chi connectivity index (χ2v) is 5.81. The van der Waals surface area contributed by atoms with Crippen LogP contribution in [0.5, 0.6) is 0 Å². The van der Waals surface area contributed by atoms with Gasteiger partial charge in [-0.25, -0.2) is 0 Å². The van der Waals surface area contributed by atoms with Crippen molar-refractivity contribution in [1.82, 2.24) is 10.3 Å². The van der Waals surface area contributed by atoms with E-state index in [-0.39, 0.29) is 17.5 Å². The van der Waals surface area contributed by atoms with E-state index >= 15 is 0 Å². The molecule has 116 valence electrons. The van der Waals surface area contributed by atoms with Gasteiger partial charge < -0.3 is 5.32 Å². The number of hydrogen-bond acceptors (Lipinski definition) is 2. The molecular formula is C15H19F3N2O. The fraction of sp³-hybridized carbons (Fsp3) is 0.600. The molecule has 2 rings (SSSR count). The summed E-state index contributed by atoms with van der Waals surface area (Å²) in [6.07, 6.45) is -0.241. The molecule has 1 aromatic rings. The van der Waals surface area contributed by atoms with Crippen LogP contribution >= 0.6 is 0 Å². The highest BCUT2D eigenvalue weighted by atomic mass is 19.4. The highest BCUT2D eigenvalue weighted by Crippen LogP contribution is 2.29. The Morgan fingerprint density at radius 1 is 1.24 bits per heavy atom. The summed E-state index contributed by atoms with van der Waals surface area (Å²) in [5, 5.41) is 2.93. The molecular weight excluding hydrogens is 281 g/mol. The van der Waals surface area contributed by atoms with E-state index in [0.717, 1.165) is 31.5 Å². The summed E-state index contributed by atoms with van der Waals surface area (Å²) in [5.41, 5.74) is -0.827. The Bertz CT molecular complexity index is 489. The van der Waals surface area contributed by atoms with Gasteiger partial charge in [0.15, 0.2) is 0 Å². The molecule has 2 atom stereocenters. The smallest absolute Gasteiger partial charge is 0.349 e. The third kappa shape index (κ3) is 3.74. The van der Waals surface area contributed by atoms with Crippen LogP contribution in [0.2, 0.25) is 0 Å². The molecule has 1 saturated carbocycles. The Morgan fingerprint density at radius 3 is 2.33 bits per heavy atom. The zero-order chi connectivity index (χ0) is 15.6. The number of alkyl halides is 3. The van der Waals surface area contributed by atoms with Crippen LogP contribution in [0.1, 0.15) is 49.2 Å². The van der Waals surface area contributed by atoms with Crippen molar-refractivity contribution >= 4 is 5.91 Å². The van der Waals surface area contributed by atoms with Gasteiger partial charge in [0.1, 0.15) is 5.69 Å². The van der Waals surface area contributed by atoms with Crippen LogP contribution < -0.4 is 5.32 Å². The third-order valence-electron chi connectivity index (χ3n) is 4.16. The van der Waals surface area contributed by atoms with Gasteiger partial charge in [-0.05, 0) is 36.8 Å². The largest absolute Gasteiger partial charge is 0.433 e. The number of aromatic nitrogens is 1. The molecule has 0 aromatic carbocycles. The van der Waals surface area contributed by atoms with Gasteiger partial charge in [0.2, 0.25) is 0 Å². The van der Waals surface area contributed by atoms with Crippen molar-refractivity contribution < 1.29 is 18.0 Å². The zero-order valence-corrected chi connectivity index (χ0v) is 12.1. The molecule has 0 radical (unpaired) electrons. The molecule has 1 aromatic heterocycles. The van der Waals surface area contributed by atoms with Crippen molar-refractivity contribution in [1.29, 1.82) is 0 Å². The molecule has 1 aliphatic carbocycles. The first-order valence-corrected chi connectivity index (χ1v) is 7.13. The number of halogens is 3. The van der Waals surface area contributed by atoms with Crippen molar-refractivity contribution in [3.63, 3.8) is 0 Å². The number of pyridine rings is 1. The zero-order valence-electron chi connectivity index (χ0n) is 12.1. The van der Waals surface area contributed by atoms with Gasteiger partial charge in [-0.1, -0.05) is 20.3 Å². The van der Waals surface area contributed by atoms with E-state index in [1.807, 2.05) is 0 Å². The van der Waals surface area contributed by atoms with Crippen LogP contribution in [0.25, 0.3) is 0 Å². The number of carbonyl (C=O) groups is 1. The lowest BCUT2D eigenvalue weighted by atomic mass is 9.78. The molecule has 1 amide bonds. The number of nitrogens with zero attached hydrogens (tertiary/aromatic N) is 1. The summed E-state index contributed by atoms with van der Waals surface area (Å²) in [4.78, 5) is 15.4. The Labute approximate surface area is 122 Å². The Morgan fingerprint density at radius 2 is 1.86 bits per heavy atom. The Hall–Kier alpha value is -1.59. The molecule has 6 heteroatoms. The first-order chi connectivity index (χ1) is 9.79. The number of amides is 1. The van der Waals surface area contributed by atoms with Crippen LogP contribution in [-0.2, 0) is 6.18 Å². The Balaban J connectivity index is 2.06. The molecule has 0 bridgehead atoms. The molecule has 1 heterocycles. The fourth-order valence-corrected chi connectivity index (χ4v) is 2.90. The van der Waals surface area contributed by atoms with Crippen LogP contribution in [-0.4, -0.2) is 16.9 Å². The maximum atomic E-state index is 12.4. The summed E-state index contributed by atoms with van der Waals surface area (Å²) in [7, 11) is 0. The number of nitrogens with one attached hydrogen (secondary N) is 1. The molecule has 1 N–H and O–H groups in total. The minimum Gasteiger partial charge on any atom is -0.349 e. The number of rotatable bonds is 2. The minimum absolute atomic E-state index is 0.0635. The number of carbonyl (C=O) groups excluding carboxylic acids is 1. The van der Waals surface area contributed by atoms with Gasteiger partial charge in [-0.15, -0.1) is 0 Å². The van der Waals surface area contributed by atoms with E-state index in [4.69, 9.17) is 0 Å². The lowest BCUT2D eigenvalue weighted by molar-refractivity contribution is -0.141. The monoisotopic (exact) mass is 300 g/mol. The van der Waals surface area contributed by atoms with Crippen molar-refractivity contribution in [2.45, 2.75) is 45.3 Å². The van der Waals surface area contributed by atoms with Gasteiger partial charge in [-0.3, -0.25) is 9.78 Å². The van der Waals surface area contributed by atoms with Crippen LogP contribution in [0.15, 0.2) is 18.3 Å². The molecule has 2 unspecified atom stereocenters. The average molecular weight is 300 g/mol. The molecule has 0 saturated heterocycles. The summed E-state index contributed by atoms with van der Waals surface area (Å²) in [6, 6.07) is 2.07. The van der Waals surface area contributed by atoms with Crippen LogP contribution in [0.3, 0.4) is 0 Å². The van der Waals surface area contributed by atoms with E-state index in [9.17, 15) is 18.0 Å². The Kier molecular flexibility index (Phi) is 4.54. The second kappa shape index (κ2) is 6.03. The van der Waals surface area contributed by atoms with E-state index in [1.54, 1.807) is 0 Å². The summed E-state index contributed by atoms with van der Waals surface area (Å²) in [5.74, 6) is 0.391. The maximum Gasteiger partial charge on any atom is 0.433 e. The van der Waals surface area contributed by atoms with Crippen molar-refractivity contribution in [2.75, 3.05) is 0 Å². The summed E-state index contributed by atoms with van der Waals surface area (Å²) in [6.45, 7) is 4.18. The predicted molar refractivity (Wildman–Crippen MR) is 72.7 cm³/mol. The highest BCUT2D eigenvalue weighted by molar-refractivity contribution is 5.94. The van der Waals surface area contributed by atoms with E-state index in [1.165, 1.54) is 6.07 Å². The predicted octanol–water partition coefficient (Wildman–Crippen LogP) is 3.65. The molecule has 0 aliphatic heterocycles. The minimum atomic E-state index is -4.48. The summed E-state index contributed by atoms with van der Waals surface area (Å²) >= 11 is 0. The number of hydrogen-bond donors (Lipinski definition) is 1. The topological polar surface area (TPSA) is 42.0 Å². The van der Waals surface area contributed by atoms with Gasteiger partial charge in [0.25, 0.3) is 5.91 Å². The lowest BCUT2D eigenvalue weighted by Gasteiger charge is -2.35. The molecule has 3 nitrogen and oxygen atoms in total. The standard InChI is InChI=1S/C15H19F3N2O/c1-9-4-3-5-10(2)13(9)20-14(21)11-6-7-12(19-8-11)15(16,17)18/h6-10,13H,3-5H2,1-2H3,(H,20,21). The van der Waals surface area contributed by atoms with Gasteiger partial charge >= 0.3 is 6.18 Å². The molecule has 1 fully saturated rings. The third-order valence-corrected chi connectivity index (χ3v) is 4.16.